The van der Waals surface area contributed by atoms with Gasteiger partial charge in [-0.05, 0) is 53.6 Å². The van der Waals surface area contributed by atoms with Crippen LogP contribution in [0.1, 0.15) is 54.4 Å². The van der Waals surface area contributed by atoms with Crippen molar-refractivity contribution in [1.82, 2.24) is 0 Å². The molecule has 0 aliphatic carbocycles. The fraction of sp³-hybridized carbons (Fsp3) is 1.00. The van der Waals surface area contributed by atoms with E-state index in [9.17, 15) is 0 Å². The van der Waals surface area contributed by atoms with Crippen molar-refractivity contribution >= 4 is 36.2 Å². The van der Waals surface area contributed by atoms with E-state index in [4.69, 9.17) is 25.3 Å². The second-order valence-electron chi connectivity index (χ2n) is 7.76. The van der Waals surface area contributed by atoms with Crippen LogP contribution in [0.5, 0.6) is 0 Å². The van der Waals surface area contributed by atoms with Crippen LogP contribution in [0.25, 0.3) is 0 Å². The summed E-state index contributed by atoms with van der Waals surface area (Å²) in [6, 6.07) is 0. The number of hydrogen-bond acceptors (Lipinski definition) is 6. The van der Waals surface area contributed by atoms with Crippen molar-refractivity contribution in [2.24, 2.45) is 0 Å². The molecule has 0 radical (unpaired) electrons. The summed E-state index contributed by atoms with van der Waals surface area (Å²) >= 11 is 0. The molecule has 0 spiro atoms. The van der Waals surface area contributed by atoms with Gasteiger partial charge in [0.25, 0.3) is 0 Å². The Kier molecular flexibility index (Phi) is 7.66. The Balaban J connectivity index is 3.10. The van der Waals surface area contributed by atoms with Gasteiger partial charge in [-0.3, -0.25) is 0 Å². The highest BCUT2D eigenvalue weighted by Crippen LogP contribution is 2.32. The second-order valence-corrected chi connectivity index (χ2v) is 17.7. The van der Waals surface area contributed by atoms with E-state index in [1.54, 1.807) is 0 Å². The average molecular weight is 413 g/mol. The molecule has 1 fully saturated rings. The molecule has 1 aliphatic rings. The van der Waals surface area contributed by atoms with Crippen molar-refractivity contribution in [1.29, 1.82) is 0 Å². The molecule has 1 aliphatic heterocycles. The molecule has 4 atom stereocenters. The van der Waals surface area contributed by atoms with Gasteiger partial charge in [0.15, 0.2) is 0 Å². The van der Waals surface area contributed by atoms with Gasteiger partial charge < -0.3 is 25.3 Å². The summed E-state index contributed by atoms with van der Waals surface area (Å²) < 4.78 is 37.7. The highest BCUT2D eigenvalue weighted by molar-refractivity contribution is 6.82. The van der Waals surface area contributed by atoms with Crippen molar-refractivity contribution < 1.29 is 25.3 Å². The summed E-state index contributed by atoms with van der Waals surface area (Å²) in [4.78, 5) is 0. The van der Waals surface area contributed by atoms with E-state index in [0.717, 1.165) is 12.8 Å². The molecule has 144 valence electrons. The Morgan fingerprint density at radius 2 is 1.12 bits per heavy atom. The van der Waals surface area contributed by atoms with Crippen LogP contribution in [-0.4, -0.2) is 47.4 Å². The van der Waals surface area contributed by atoms with Gasteiger partial charge in [0.05, 0.1) is 11.2 Å². The zero-order valence-electron chi connectivity index (χ0n) is 17.0. The minimum Gasteiger partial charge on any atom is -0.420 e. The second kappa shape index (κ2) is 8.11. The van der Waals surface area contributed by atoms with Crippen LogP contribution in [0.15, 0.2) is 0 Å². The Labute approximate surface area is 153 Å². The average Bonchev–Trinajstić information content (AvgIpc) is 2.33. The van der Waals surface area contributed by atoms with Gasteiger partial charge in [0.2, 0.25) is 0 Å². The zero-order valence-corrected chi connectivity index (χ0v) is 21.3. The molecule has 0 N–H and O–H groups in total. The highest BCUT2D eigenvalue weighted by Gasteiger charge is 2.54. The number of rotatable bonds is 6. The predicted octanol–water partition coefficient (Wildman–Crippen LogP) is 3.31. The third kappa shape index (κ3) is 7.09. The van der Waals surface area contributed by atoms with Crippen molar-refractivity contribution in [3.63, 3.8) is 0 Å². The normalized spacial score (nSPS) is 36.2. The van der Waals surface area contributed by atoms with Crippen LogP contribution in [0.3, 0.4) is 0 Å². The maximum atomic E-state index is 6.46. The molecule has 24 heavy (non-hydrogen) atoms. The zero-order chi connectivity index (χ0) is 18.8. The Bertz CT molecular complexity index is 388. The van der Waals surface area contributed by atoms with Crippen LogP contribution < -0.4 is 0 Å². The first-order valence-corrected chi connectivity index (χ1v) is 17.5. The third-order valence-electron chi connectivity index (χ3n) is 4.14. The van der Waals surface area contributed by atoms with Crippen molar-refractivity contribution in [3.8, 4) is 0 Å². The van der Waals surface area contributed by atoms with Crippen LogP contribution in [0.4, 0.5) is 0 Å². The molecule has 0 aromatic rings. The quantitative estimate of drug-likeness (QED) is 0.624. The Hall–Kier alpha value is 0.628. The van der Waals surface area contributed by atoms with Crippen molar-refractivity contribution in [2.45, 2.75) is 91.8 Å². The van der Waals surface area contributed by atoms with Gasteiger partial charge >= 0.3 is 36.2 Å². The van der Waals surface area contributed by atoms with E-state index >= 15 is 0 Å². The van der Waals surface area contributed by atoms with E-state index < -0.39 is 36.2 Å². The maximum Gasteiger partial charge on any atom is 0.481 e. The van der Waals surface area contributed by atoms with Crippen LogP contribution in [0, 0.1) is 0 Å². The molecule has 0 saturated carbocycles. The molecule has 0 aromatic carbocycles. The first-order chi connectivity index (χ1) is 10.7. The maximum absolute atomic E-state index is 6.46. The molecule has 0 aromatic heterocycles. The van der Waals surface area contributed by atoms with Gasteiger partial charge in [0.1, 0.15) is 0 Å². The molecule has 1 saturated heterocycles. The van der Waals surface area contributed by atoms with Gasteiger partial charge in [-0.15, -0.1) is 0 Å². The van der Waals surface area contributed by atoms with Gasteiger partial charge in [0, 0.05) is 13.1 Å². The highest BCUT2D eigenvalue weighted by atomic mass is 28.5. The van der Waals surface area contributed by atoms with Gasteiger partial charge in [-0.2, -0.15) is 0 Å². The summed E-state index contributed by atoms with van der Waals surface area (Å²) in [6.45, 7) is 20.3. The fourth-order valence-electron chi connectivity index (χ4n) is 2.55. The summed E-state index contributed by atoms with van der Waals surface area (Å²) in [5.74, 6) is 0. The van der Waals surface area contributed by atoms with E-state index in [2.05, 4.69) is 41.5 Å². The minimum absolute atomic E-state index is 0.326. The molecular weight excluding hydrogens is 376 g/mol. The summed E-state index contributed by atoms with van der Waals surface area (Å²) in [6.07, 6.45) is 1.73. The molecule has 10 heteroatoms. The first kappa shape index (κ1) is 22.7. The molecule has 1 heterocycles. The third-order valence-corrected chi connectivity index (χ3v) is 18.1. The van der Waals surface area contributed by atoms with Gasteiger partial charge in [-0.25, -0.2) is 0 Å². The number of hydrogen-bond donors (Lipinski definition) is 0. The lowest BCUT2D eigenvalue weighted by Gasteiger charge is -2.45. The Morgan fingerprint density at radius 3 is 1.42 bits per heavy atom. The largest absolute Gasteiger partial charge is 0.481 e. The SMILES string of the molecule is CCC(C)(C)O[Si]1(C)O[SiH](C)O[SiH](C)O[Si](C)(OC(C)(C)CC)O1. The summed E-state index contributed by atoms with van der Waals surface area (Å²) in [5, 5.41) is 0. The van der Waals surface area contributed by atoms with Gasteiger partial charge in [-0.1, -0.05) is 13.8 Å². The fourth-order valence-corrected chi connectivity index (χ4v) is 17.9. The molecule has 6 nitrogen and oxygen atoms in total. The predicted molar refractivity (Wildman–Crippen MR) is 105 cm³/mol. The van der Waals surface area contributed by atoms with E-state index in [1.807, 2.05) is 26.2 Å². The lowest BCUT2D eigenvalue weighted by molar-refractivity contribution is -0.0112. The summed E-state index contributed by atoms with van der Waals surface area (Å²) in [5.41, 5.74) is -0.653. The van der Waals surface area contributed by atoms with Crippen molar-refractivity contribution in [3.05, 3.63) is 0 Å². The molecule has 4 unspecified atom stereocenters. The summed E-state index contributed by atoms with van der Waals surface area (Å²) in [7, 11) is -9.60. The lowest BCUT2D eigenvalue weighted by Crippen LogP contribution is -2.64. The lowest BCUT2D eigenvalue weighted by atomic mass is 10.1. The first-order valence-electron chi connectivity index (χ1n) is 8.85. The standard InChI is InChI=1S/C14H36O6Si4/c1-11-13(3,4)15-23(9)18-21(7)17-22(8)19-24(10,20-23)16-14(5,6)12-2/h21-22H,11-12H2,1-10H3. The molecule has 0 amide bonds. The Morgan fingerprint density at radius 1 is 0.792 bits per heavy atom. The van der Waals surface area contributed by atoms with Crippen LogP contribution in [0.2, 0.25) is 26.2 Å². The monoisotopic (exact) mass is 412 g/mol. The minimum atomic E-state index is -2.95. The van der Waals surface area contributed by atoms with Crippen LogP contribution in [-0.2, 0) is 25.3 Å². The van der Waals surface area contributed by atoms with E-state index in [0.29, 0.717) is 0 Å². The molecule has 1 rings (SSSR count). The molecular formula is C14H36O6Si4. The smallest absolute Gasteiger partial charge is 0.420 e. The van der Waals surface area contributed by atoms with Crippen LogP contribution >= 0.6 is 0 Å². The molecule has 0 bridgehead atoms. The van der Waals surface area contributed by atoms with E-state index in [-0.39, 0.29) is 11.2 Å². The van der Waals surface area contributed by atoms with Crippen molar-refractivity contribution in [2.75, 3.05) is 0 Å². The topological polar surface area (TPSA) is 55.4 Å². The van der Waals surface area contributed by atoms with E-state index in [1.165, 1.54) is 0 Å².